The third-order valence-corrected chi connectivity index (χ3v) is 5.40. The van der Waals surface area contributed by atoms with Crippen molar-refractivity contribution >= 4 is 5.91 Å². The maximum Gasteiger partial charge on any atom is 0.220 e. The summed E-state index contributed by atoms with van der Waals surface area (Å²) < 4.78 is 24.1. The first-order valence-corrected chi connectivity index (χ1v) is 10.0. The van der Waals surface area contributed by atoms with E-state index < -0.39 is 5.82 Å². The van der Waals surface area contributed by atoms with E-state index in [2.05, 4.69) is 16.3 Å². The summed E-state index contributed by atoms with van der Waals surface area (Å²) in [6, 6.07) is 13.1. The molecule has 1 aliphatic heterocycles. The molecule has 5 nitrogen and oxygen atoms in total. The number of para-hydroxylation sites is 1. The summed E-state index contributed by atoms with van der Waals surface area (Å²) in [5.41, 5.74) is 1.98. The Morgan fingerprint density at radius 3 is 2.52 bits per heavy atom. The number of ether oxygens (including phenoxy) is 2. The van der Waals surface area contributed by atoms with E-state index in [4.69, 9.17) is 9.47 Å². The molecule has 0 saturated carbocycles. The van der Waals surface area contributed by atoms with Crippen LogP contribution in [0.2, 0.25) is 0 Å². The molecule has 0 radical (unpaired) electrons. The van der Waals surface area contributed by atoms with Crippen molar-refractivity contribution in [3.63, 3.8) is 0 Å². The highest BCUT2D eigenvalue weighted by molar-refractivity contribution is 5.76. The predicted molar refractivity (Wildman–Crippen MR) is 111 cm³/mol. The van der Waals surface area contributed by atoms with Crippen LogP contribution >= 0.6 is 0 Å². The normalized spacial score (nSPS) is 15.1. The van der Waals surface area contributed by atoms with Gasteiger partial charge in [-0.2, -0.15) is 0 Å². The van der Waals surface area contributed by atoms with Gasteiger partial charge < -0.3 is 14.8 Å². The van der Waals surface area contributed by atoms with Gasteiger partial charge in [0.1, 0.15) is 5.75 Å². The Bertz CT molecular complexity index is 820. The summed E-state index contributed by atoms with van der Waals surface area (Å²) in [4.78, 5) is 14.7. The number of hydrogen-bond donors (Lipinski definition) is 1. The molecule has 6 heteroatoms. The number of rotatable bonds is 8. The van der Waals surface area contributed by atoms with Crippen LogP contribution in [0.1, 0.15) is 30.4 Å². The standard InChI is InChI=1S/C23H29FN2O3/c1-28-21-6-4-3-5-18(21)16-26-13-11-19(12-14-26)25-23(27)10-8-17-7-9-22(29-2)20(24)15-17/h3-7,9,15,19H,8,10-14,16H2,1-2H3,(H,25,27). The number of nitrogens with zero attached hydrogens (tertiary/aromatic N) is 1. The van der Waals surface area contributed by atoms with Gasteiger partial charge in [-0.1, -0.05) is 24.3 Å². The molecule has 1 saturated heterocycles. The maximum atomic E-state index is 13.8. The zero-order valence-corrected chi connectivity index (χ0v) is 17.1. The number of benzene rings is 2. The van der Waals surface area contributed by atoms with E-state index in [9.17, 15) is 9.18 Å². The number of halogens is 1. The molecule has 0 atom stereocenters. The van der Waals surface area contributed by atoms with Gasteiger partial charge in [-0.05, 0) is 43.0 Å². The molecule has 0 aliphatic carbocycles. The van der Waals surface area contributed by atoms with Crippen molar-refractivity contribution in [1.29, 1.82) is 0 Å². The van der Waals surface area contributed by atoms with Crippen molar-refractivity contribution in [2.75, 3.05) is 27.3 Å². The van der Waals surface area contributed by atoms with Crippen LogP contribution in [-0.2, 0) is 17.8 Å². The van der Waals surface area contributed by atoms with Gasteiger partial charge in [0.2, 0.25) is 5.91 Å². The van der Waals surface area contributed by atoms with E-state index in [1.54, 1.807) is 19.2 Å². The van der Waals surface area contributed by atoms with Crippen LogP contribution in [0, 0.1) is 5.82 Å². The van der Waals surface area contributed by atoms with E-state index >= 15 is 0 Å². The first kappa shape index (κ1) is 21.1. The van der Waals surface area contributed by atoms with Crippen molar-refractivity contribution < 1.29 is 18.7 Å². The van der Waals surface area contributed by atoms with Crippen LogP contribution in [0.15, 0.2) is 42.5 Å². The molecule has 0 unspecified atom stereocenters. The lowest BCUT2D eigenvalue weighted by Gasteiger charge is -2.32. The molecule has 1 fully saturated rings. The molecule has 29 heavy (non-hydrogen) atoms. The lowest BCUT2D eigenvalue weighted by Crippen LogP contribution is -2.44. The Balaban J connectivity index is 1.41. The monoisotopic (exact) mass is 400 g/mol. The van der Waals surface area contributed by atoms with Crippen LogP contribution < -0.4 is 14.8 Å². The minimum Gasteiger partial charge on any atom is -0.496 e. The quantitative estimate of drug-likeness (QED) is 0.736. The summed E-state index contributed by atoms with van der Waals surface area (Å²) in [6.07, 6.45) is 2.72. The van der Waals surface area contributed by atoms with Crippen LogP contribution in [0.25, 0.3) is 0 Å². The number of carbonyl (C=O) groups is 1. The second-order valence-electron chi connectivity index (χ2n) is 7.40. The van der Waals surface area contributed by atoms with Crippen LogP contribution in [-0.4, -0.2) is 44.2 Å². The van der Waals surface area contributed by atoms with Gasteiger partial charge in [-0.3, -0.25) is 9.69 Å². The van der Waals surface area contributed by atoms with E-state index in [0.29, 0.717) is 12.8 Å². The molecule has 2 aromatic rings. The second kappa shape index (κ2) is 10.3. The zero-order chi connectivity index (χ0) is 20.6. The molecule has 1 amide bonds. The van der Waals surface area contributed by atoms with Gasteiger partial charge in [0.25, 0.3) is 0 Å². The topological polar surface area (TPSA) is 50.8 Å². The van der Waals surface area contributed by atoms with E-state index in [1.165, 1.54) is 18.7 Å². The summed E-state index contributed by atoms with van der Waals surface area (Å²) >= 11 is 0. The molecule has 1 heterocycles. The Hall–Kier alpha value is -2.60. The third kappa shape index (κ3) is 5.94. The van der Waals surface area contributed by atoms with Gasteiger partial charge in [-0.15, -0.1) is 0 Å². The minimum absolute atomic E-state index is 0.0180. The van der Waals surface area contributed by atoms with Gasteiger partial charge in [0, 0.05) is 37.7 Å². The first-order chi connectivity index (χ1) is 14.1. The summed E-state index contributed by atoms with van der Waals surface area (Å²) in [5.74, 6) is 0.758. The van der Waals surface area contributed by atoms with E-state index in [-0.39, 0.29) is 17.7 Å². The highest BCUT2D eigenvalue weighted by Gasteiger charge is 2.21. The maximum absolute atomic E-state index is 13.8. The van der Waals surface area contributed by atoms with Crippen molar-refractivity contribution in [2.45, 2.75) is 38.3 Å². The summed E-state index contributed by atoms with van der Waals surface area (Å²) in [5, 5.41) is 3.12. The fourth-order valence-corrected chi connectivity index (χ4v) is 3.73. The summed E-state index contributed by atoms with van der Waals surface area (Å²) in [6.45, 7) is 2.73. The fraction of sp³-hybridized carbons (Fsp3) is 0.435. The fourth-order valence-electron chi connectivity index (χ4n) is 3.73. The number of amides is 1. The SMILES string of the molecule is COc1ccc(CCC(=O)NC2CCN(Cc3ccccc3OC)CC2)cc1F. The molecule has 2 aromatic carbocycles. The largest absolute Gasteiger partial charge is 0.496 e. The molecular formula is C23H29FN2O3. The molecule has 3 rings (SSSR count). The van der Waals surface area contributed by atoms with Crippen molar-refractivity contribution in [2.24, 2.45) is 0 Å². The van der Waals surface area contributed by atoms with E-state index in [1.807, 2.05) is 18.2 Å². The number of piperidine rings is 1. The molecule has 0 aromatic heterocycles. The Morgan fingerprint density at radius 2 is 1.83 bits per heavy atom. The Morgan fingerprint density at radius 1 is 1.10 bits per heavy atom. The molecule has 0 bridgehead atoms. The van der Waals surface area contributed by atoms with Gasteiger partial charge in [0.15, 0.2) is 11.6 Å². The zero-order valence-electron chi connectivity index (χ0n) is 17.1. The van der Waals surface area contributed by atoms with Gasteiger partial charge >= 0.3 is 0 Å². The molecule has 1 aliphatic rings. The molecule has 156 valence electrons. The first-order valence-electron chi connectivity index (χ1n) is 10.0. The molecule has 0 spiro atoms. The minimum atomic E-state index is -0.396. The number of aryl methyl sites for hydroxylation is 1. The smallest absolute Gasteiger partial charge is 0.220 e. The van der Waals surface area contributed by atoms with Crippen LogP contribution in [0.3, 0.4) is 0 Å². The number of hydrogen-bond acceptors (Lipinski definition) is 4. The Labute approximate surface area is 171 Å². The highest BCUT2D eigenvalue weighted by atomic mass is 19.1. The summed E-state index contributed by atoms with van der Waals surface area (Å²) in [7, 11) is 3.13. The predicted octanol–water partition coefficient (Wildman–Crippen LogP) is 3.56. The van der Waals surface area contributed by atoms with Crippen LogP contribution in [0.4, 0.5) is 4.39 Å². The van der Waals surface area contributed by atoms with Crippen molar-refractivity contribution in [3.05, 3.63) is 59.4 Å². The Kier molecular flexibility index (Phi) is 7.47. The van der Waals surface area contributed by atoms with E-state index in [0.717, 1.165) is 43.8 Å². The number of carbonyl (C=O) groups excluding carboxylic acids is 1. The molecular weight excluding hydrogens is 371 g/mol. The lowest BCUT2D eigenvalue weighted by molar-refractivity contribution is -0.122. The highest BCUT2D eigenvalue weighted by Crippen LogP contribution is 2.22. The average molecular weight is 400 g/mol. The van der Waals surface area contributed by atoms with Crippen LogP contribution in [0.5, 0.6) is 11.5 Å². The third-order valence-electron chi connectivity index (χ3n) is 5.40. The van der Waals surface area contributed by atoms with Gasteiger partial charge in [-0.25, -0.2) is 4.39 Å². The van der Waals surface area contributed by atoms with Crippen molar-refractivity contribution in [1.82, 2.24) is 10.2 Å². The lowest BCUT2D eigenvalue weighted by atomic mass is 10.0. The second-order valence-corrected chi connectivity index (χ2v) is 7.40. The number of methoxy groups -OCH3 is 2. The number of likely N-dealkylation sites (tertiary alicyclic amines) is 1. The van der Waals surface area contributed by atoms with Crippen molar-refractivity contribution in [3.8, 4) is 11.5 Å². The average Bonchev–Trinajstić information content (AvgIpc) is 2.74. The van der Waals surface area contributed by atoms with Gasteiger partial charge in [0.05, 0.1) is 14.2 Å². The molecule has 1 N–H and O–H groups in total. The number of nitrogens with one attached hydrogen (secondary N) is 1.